The predicted octanol–water partition coefficient (Wildman–Crippen LogP) is 3.24. The molecule has 9 heteroatoms. The molecule has 0 radical (unpaired) electrons. The minimum absolute atomic E-state index is 0.00985. The van der Waals surface area contributed by atoms with Crippen LogP contribution in [0.3, 0.4) is 0 Å². The number of hydrogen-bond acceptors (Lipinski definition) is 5. The zero-order valence-corrected chi connectivity index (χ0v) is 15.7. The number of hydrogen-bond donors (Lipinski definition) is 1. The summed E-state index contributed by atoms with van der Waals surface area (Å²) in [7, 11) is -4.00. The van der Waals surface area contributed by atoms with E-state index >= 15 is 0 Å². The molecule has 0 heterocycles. The molecule has 0 aliphatic rings. The summed E-state index contributed by atoms with van der Waals surface area (Å²) in [5.74, 6) is -0.272. The number of nitrogens with zero attached hydrogens (tertiary/aromatic N) is 2. The van der Waals surface area contributed by atoms with Gasteiger partial charge in [0, 0.05) is 24.7 Å². The summed E-state index contributed by atoms with van der Waals surface area (Å²) in [6, 6.07) is 9.72. The highest BCUT2D eigenvalue weighted by Gasteiger charge is 2.26. The van der Waals surface area contributed by atoms with Crippen LogP contribution in [-0.4, -0.2) is 25.8 Å². The first-order valence-corrected chi connectivity index (χ1v) is 9.37. The van der Waals surface area contributed by atoms with Gasteiger partial charge in [0.05, 0.1) is 22.1 Å². The molecule has 8 nitrogen and oxygen atoms in total. The van der Waals surface area contributed by atoms with Gasteiger partial charge in [0.2, 0.25) is 5.91 Å². The summed E-state index contributed by atoms with van der Waals surface area (Å²) in [5, 5.41) is 13.6. The van der Waals surface area contributed by atoms with E-state index < -0.39 is 14.9 Å². The molecule has 1 N–H and O–H groups in total. The molecular weight excluding hydrogens is 370 g/mol. The van der Waals surface area contributed by atoms with E-state index in [9.17, 15) is 23.3 Å². The molecule has 0 unspecified atom stereocenters. The normalized spacial score (nSPS) is 10.9. The highest BCUT2D eigenvalue weighted by molar-refractivity contribution is 7.92. The van der Waals surface area contributed by atoms with Crippen molar-refractivity contribution in [3.63, 3.8) is 0 Å². The average molecular weight is 389 g/mol. The molecule has 27 heavy (non-hydrogen) atoms. The van der Waals surface area contributed by atoms with Crippen molar-refractivity contribution in [3.05, 3.63) is 70.8 Å². The van der Waals surface area contributed by atoms with Crippen LogP contribution in [0.25, 0.3) is 0 Å². The van der Waals surface area contributed by atoms with Gasteiger partial charge in [-0.15, -0.1) is 6.58 Å². The second kappa shape index (κ2) is 8.00. The molecule has 0 saturated carbocycles. The van der Waals surface area contributed by atoms with E-state index in [0.29, 0.717) is 11.3 Å². The van der Waals surface area contributed by atoms with E-state index in [1.165, 1.54) is 55.5 Å². The van der Waals surface area contributed by atoms with E-state index in [2.05, 4.69) is 11.9 Å². The van der Waals surface area contributed by atoms with Crippen LogP contribution in [0.1, 0.15) is 12.5 Å². The highest BCUT2D eigenvalue weighted by Crippen LogP contribution is 2.30. The fourth-order valence-corrected chi connectivity index (χ4v) is 3.96. The van der Waals surface area contributed by atoms with Crippen LogP contribution >= 0.6 is 0 Å². The van der Waals surface area contributed by atoms with Crippen molar-refractivity contribution in [3.8, 4) is 0 Å². The maximum Gasteiger partial charge on any atom is 0.271 e. The number of nitro groups is 1. The van der Waals surface area contributed by atoms with Crippen LogP contribution < -0.4 is 9.62 Å². The van der Waals surface area contributed by atoms with E-state index in [-0.39, 0.29) is 28.7 Å². The molecule has 0 aliphatic carbocycles. The Labute approximate surface area is 157 Å². The van der Waals surface area contributed by atoms with Gasteiger partial charge in [0.1, 0.15) is 0 Å². The van der Waals surface area contributed by atoms with Crippen LogP contribution in [0, 0.1) is 17.0 Å². The molecule has 0 bridgehead atoms. The molecule has 0 fully saturated rings. The molecule has 2 aromatic rings. The number of anilines is 2. The number of rotatable bonds is 7. The molecule has 0 aromatic heterocycles. The maximum atomic E-state index is 13.1. The summed E-state index contributed by atoms with van der Waals surface area (Å²) in [4.78, 5) is 21.6. The first-order chi connectivity index (χ1) is 12.7. The van der Waals surface area contributed by atoms with Crippen molar-refractivity contribution in [2.45, 2.75) is 18.7 Å². The number of nitro benzene ring substituents is 1. The largest absolute Gasteiger partial charge is 0.326 e. The van der Waals surface area contributed by atoms with E-state index in [1.54, 1.807) is 6.92 Å². The molecule has 0 atom stereocenters. The van der Waals surface area contributed by atoms with E-state index in [1.807, 2.05) is 0 Å². The van der Waals surface area contributed by atoms with Crippen molar-refractivity contribution in [2.75, 3.05) is 16.2 Å². The Morgan fingerprint density at radius 3 is 2.41 bits per heavy atom. The first-order valence-electron chi connectivity index (χ1n) is 7.93. The van der Waals surface area contributed by atoms with Gasteiger partial charge in [0.25, 0.3) is 15.7 Å². The third kappa shape index (κ3) is 4.50. The summed E-state index contributed by atoms with van der Waals surface area (Å²) >= 11 is 0. The van der Waals surface area contributed by atoms with Gasteiger partial charge in [-0.3, -0.25) is 19.2 Å². The SMILES string of the molecule is C=CCN(c1cc([N+](=O)[O-])ccc1C)S(=O)(=O)c1ccc(NC(C)=O)cc1. The molecule has 0 spiro atoms. The van der Waals surface area contributed by atoms with Gasteiger partial charge in [-0.2, -0.15) is 0 Å². The third-order valence-electron chi connectivity index (χ3n) is 3.73. The summed E-state index contributed by atoms with van der Waals surface area (Å²) in [6.07, 6.45) is 1.40. The van der Waals surface area contributed by atoms with Crippen LogP contribution in [0.15, 0.2) is 60.0 Å². The second-order valence-electron chi connectivity index (χ2n) is 5.76. The smallest absolute Gasteiger partial charge is 0.271 e. The summed E-state index contributed by atoms with van der Waals surface area (Å²) in [6.45, 7) is 6.54. The molecular formula is C18H19N3O5S. The molecule has 0 saturated heterocycles. The number of benzene rings is 2. The lowest BCUT2D eigenvalue weighted by Gasteiger charge is -2.24. The van der Waals surface area contributed by atoms with Gasteiger partial charge in [-0.05, 0) is 36.8 Å². The molecule has 2 aromatic carbocycles. The average Bonchev–Trinajstić information content (AvgIpc) is 2.60. The van der Waals surface area contributed by atoms with Gasteiger partial charge in [-0.25, -0.2) is 8.42 Å². The van der Waals surface area contributed by atoms with Crippen molar-refractivity contribution < 1.29 is 18.1 Å². The zero-order chi connectivity index (χ0) is 20.2. The Kier molecular flexibility index (Phi) is 5.96. The Balaban J connectivity index is 2.52. The number of sulfonamides is 1. The number of aryl methyl sites for hydroxylation is 1. The Bertz CT molecular complexity index is 985. The number of non-ortho nitro benzene ring substituents is 1. The van der Waals surface area contributed by atoms with Crippen LogP contribution in [0.5, 0.6) is 0 Å². The lowest BCUT2D eigenvalue weighted by Crippen LogP contribution is -2.31. The Morgan fingerprint density at radius 2 is 1.89 bits per heavy atom. The van der Waals surface area contributed by atoms with Crippen molar-refractivity contribution >= 4 is 33.0 Å². The fourth-order valence-electron chi connectivity index (χ4n) is 2.46. The van der Waals surface area contributed by atoms with Crippen molar-refractivity contribution in [2.24, 2.45) is 0 Å². The predicted molar refractivity (Wildman–Crippen MR) is 103 cm³/mol. The summed E-state index contributed by atoms with van der Waals surface area (Å²) in [5.41, 5.74) is 1.03. The molecule has 2 rings (SSSR count). The number of carbonyl (C=O) groups excluding carboxylic acids is 1. The zero-order valence-electron chi connectivity index (χ0n) is 14.9. The van der Waals surface area contributed by atoms with Gasteiger partial charge < -0.3 is 5.32 Å². The fraction of sp³-hybridized carbons (Fsp3) is 0.167. The van der Waals surface area contributed by atoms with Crippen LogP contribution in [-0.2, 0) is 14.8 Å². The Morgan fingerprint density at radius 1 is 1.26 bits per heavy atom. The topological polar surface area (TPSA) is 110 Å². The first kappa shape index (κ1) is 20.1. The minimum Gasteiger partial charge on any atom is -0.326 e. The lowest BCUT2D eigenvalue weighted by molar-refractivity contribution is -0.384. The van der Waals surface area contributed by atoms with Crippen LogP contribution in [0.2, 0.25) is 0 Å². The number of nitrogens with one attached hydrogen (secondary N) is 1. The third-order valence-corrected chi connectivity index (χ3v) is 5.52. The van der Waals surface area contributed by atoms with E-state index in [4.69, 9.17) is 0 Å². The standard InChI is InChI=1S/C18H19N3O5S/c1-4-11-20(18-12-16(21(23)24)8-5-13(18)2)27(25,26)17-9-6-15(7-10-17)19-14(3)22/h4-10,12H,1,11H2,2-3H3,(H,19,22). The van der Waals surface area contributed by atoms with Crippen molar-refractivity contribution in [1.29, 1.82) is 0 Å². The van der Waals surface area contributed by atoms with Gasteiger partial charge >= 0.3 is 0 Å². The maximum absolute atomic E-state index is 13.1. The lowest BCUT2D eigenvalue weighted by atomic mass is 10.2. The number of amides is 1. The minimum atomic E-state index is -4.00. The van der Waals surface area contributed by atoms with Gasteiger partial charge in [-0.1, -0.05) is 12.1 Å². The summed E-state index contributed by atoms with van der Waals surface area (Å²) < 4.78 is 27.3. The molecule has 1 amide bonds. The quantitative estimate of drug-likeness (QED) is 0.444. The van der Waals surface area contributed by atoms with E-state index in [0.717, 1.165) is 4.31 Å². The Hall–Kier alpha value is -3.20. The molecule has 142 valence electrons. The monoisotopic (exact) mass is 389 g/mol. The second-order valence-corrected chi connectivity index (χ2v) is 7.62. The van der Waals surface area contributed by atoms with Crippen LogP contribution in [0.4, 0.5) is 17.1 Å². The highest BCUT2D eigenvalue weighted by atomic mass is 32.2. The number of carbonyl (C=O) groups is 1. The molecule has 0 aliphatic heterocycles. The van der Waals surface area contributed by atoms with Gasteiger partial charge in [0.15, 0.2) is 0 Å². The van der Waals surface area contributed by atoms with Crippen molar-refractivity contribution in [1.82, 2.24) is 0 Å².